The molecule has 4 aliphatic rings. The molecule has 0 radical (unpaired) electrons. The molecule has 8 atom stereocenters. The smallest absolute Gasteiger partial charge is 0.319 e. The molecule has 182 valence electrons. The summed E-state index contributed by atoms with van der Waals surface area (Å²) in [5.41, 5.74) is 7.93. The molecule has 0 spiro atoms. The van der Waals surface area contributed by atoms with Crippen molar-refractivity contribution >= 4 is 5.97 Å². The summed E-state index contributed by atoms with van der Waals surface area (Å²) in [5.74, 6) is 4.97. The number of ether oxygens (including phenoxy) is 1. The van der Waals surface area contributed by atoms with Crippen LogP contribution < -0.4 is 5.73 Å². The van der Waals surface area contributed by atoms with Gasteiger partial charge in [-0.15, -0.1) is 0 Å². The Morgan fingerprint density at radius 2 is 1.88 bits per heavy atom. The summed E-state index contributed by atoms with van der Waals surface area (Å²) >= 11 is 0. The molecule has 3 unspecified atom stereocenters. The van der Waals surface area contributed by atoms with Gasteiger partial charge in [-0.25, -0.2) is 0 Å². The van der Waals surface area contributed by atoms with Gasteiger partial charge in [-0.3, -0.25) is 4.79 Å². The van der Waals surface area contributed by atoms with Crippen molar-refractivity contribution in [2.45, 2.75) is 111 Å². The van der Waals surface area contributed by atoms with Crippen molar-refractivity contribution in [3.8, 4) is 0 Å². The monoisotopic (exact) mass is 443 g/mol. The molecule has 0 aromatic rings. The van der Waals surface area contributed by atoms with E-state index in [1.165, 1.54) is 57.8 Å². The first-order chi connectivity index (χ1) is 15.2. The van der Waals surface area contributed by atoms with Crippen LogP contribution in [0.2, 0.25) is 0 Å². The highest BCUT2D eigenvalue weighted by atomic mass is 16.5. The first-order valence-electron chi connectivity index (χ1n) is 13.8. The molecule has 0 aromatic heterocycles. The maximum absolute atomic E-state index is 11.7. The standard InChI is InChI=1S/C29H49NO2/c1-19(2)7-6-8-20(3)24-11-12-25-23-10-9-21-17-22(32-27(31)18-30)13-15-28(21,4)26(23)14-16-29(24,25)5/h9,19-20,22-26H,6-8,10-18,30H2,1-5H3/t20-,22+,23?,24-,25?,26?,28+,29-/m1/s1. The molecule has 3 fully saturated rings. The minimum atomic E-state index is -0.249. The van der Waals surface area contributed by atoms with Crippen molar-refractivity contribution in [1.29, 1.82) is 0 Å². The van der Waals surface area contributed by atoms with Crippen molar-refractivity contribution in [3.63, 3.8) is 0 Å². The normalized spacial score (nSPS) is 42.0. The molecule has 0 amide bonds. The van der Waals surface area contributed by atoms with Crippen LogP contribution in [0, 0.1) is 46.3 Å². The number of carbonyl (C=O) groups is 1. The van der Waals surface area contributed by atoms with Gasteiger partial charge in [-0.2, -0.15) is 0 Å². The van der Waals surface area contributed by atoms with Crippen LogP contribution in [0.3, 0.4) is 0 Å². The van der Waals surface area contributed by atoms with Gasteiger partial charge in [0.2, 0.25) is 0 Å². The van der Waals surface area contributed by atoms with Gasteiger partial charge in [0, 0.05) is 6.42 Å². The Kier molecular flexibility index (Phi) is 7.16. The number of esters is 1. The fourth-order valence-electron chi connectivity index (χ4n) is 8.99. The molecular formula is C29H49NO2. The summed E-state index contributed by atoms with van der Waals surface area (Å²) in [6.45, 7) is 12.5. The van der Waals surface area contributed by atoms with Gasteiger partial charge < -0.3 is 10.5 Å². The first kappa shape index (κ1) is 24.3. The summed E-state index contributed by atoms with van der Waals surface area (Å²) in [5, 5.41) is 0. The van der Waals surface area contributed by atoms with Crippen molar-refractivity contribution in [1.82, 2.24) is 0 Å². The molecule has 3 heteroatoms. The summed E-state index contributed by atoms with van der Waals surface area (Å²) in [4.78, 5) is 11.7. The SMILES string of the molecule is CC(C)CCC[C@@H](C)[C@H]1CCC2C3CC=C4C[C@@H](OC(=O)CN)CC[C@]4(C)C3CC[C@@]21C. The second-order valence-electron chi connectivity index (χ2n) is 12.8. The Labute approximate surface area is 197 Å². The van der Waals surface area contributed by atoms with Gasteiger partial charge in [0.25, 0.3) is 0 Å². The second-order valence-corrected chi connectivity index (χ2v) is 12.8. The van der Waals surface area contributed by atoms with Gasteiger partial charge in [-0.05, 0) is 91.3 Å². The molecule has 0 saturated heterocycles. The lowest BCUT2D eigenvalue weighted by Gasteiger charge is -2.58. The Morgan fingerprint density at radius 3 is 2.59 bits per heavy atom. The van der Waals surface area contributed by atoms with E-state index < -0.39 is 0 Å². The van der Waals surface area contributed by atoms with Crippen LogP contribution in [0.15, 0.2) is 11.6 Å². The predicted octanol–water partition coefficient (Wildman–Crippen LogP) is 6.90. The van der Waals surface area contributed by atoms with Gasteiger partial charge in [0.15, 0.2) is 0 Å². The fourth-order valence-corrected chi connectivity index (χ4v) is 8.99. The molecule has 0 heterocycles. The van der Waals surface area contributed by atoms with Gasteiger partial charge >= 0.3 is 5.97 Å². The highest BCUT2D eigenvalue weighted by molar-refractivity contribution is 5.71. The van der Waals surface area contributed by atoms with E-state index in [-0.39, 0.29) is 18.6 Å². The van der Waals surface area contributed by atoms with Gasteiger partial charge in [0.1, 0.15) is 6.10 Å². The zero-order valence-corrected chi connectivity index (χ0v) is 21.5. The largest absolute Gasteiger partial charge is 0.461 e. The number of carbonyl (C=O) groups excluding carboxylic acids is 1. The minimum Gasteiger partial charge on any atom is -0.461 e. The quantitative estimate of drug-likeness (QED) is 0.344. The van der Waals surface area contributed by atoms with Crippen molar-refractivity contribution in [2.24, 2.45) is 52.1 Å². The second kappa shape index (κ2) is 9.43. The van der Waals surface area contributed by atoms with Crippen LogP contribution in [-0.2, 0) is 9.53 Å². The number of nitrogens with two attached hydrogens (primary N) is 1. The molecule has 32 heavy (non-hydrogen) atoms. The lowest BCUT2D eigenvalue weighted by atomic mass is 9.47. The summed E-state index contributed by atoms with van der Waals surface area (Å²) in [6, 6.07) is 0. The van der Waals surface area contributed by atoms with E-state index in [1.807, 2.05) is 0 Å². The van der Waals surface area contributed by atoms with E-state index in [9.17, 15) is 4.79 Å². The van der Waals surface area contributed by atoms with Crippen LogP contribution in [0.1, 0.15) is 105 Å². The molecule has 0 bridgehead atoms. The van der Waals surface area contributed by atoms with Crippen LogP contribution in [0.5, 0.6) is 0 Å². The van der Waals surface area contributed by atoms with E-state index in [2.05, 4.69) is 40.7 Å². The third kappa shape index (κ3) is 4.32. The van der Waals surface area contributed by atoms with Crippen LogP contribution in [0.25, 0.3) is 0 Å². The molecular weight excluding hydrogens is 394 g/mol. The van der Waals surface area contributed by atoms with Crippen molar-refractivity contribution < 1.29 is 9.53 Å². The number of hydrogen-bond acceptors (Lipinski definition) is 3. The average Bonchev–Trinajstić information content (AvgIpc) is 3.11. The fraction of sp³-hybridized carbons (Fsp3) is 0.897. The Hall–Kier alpha value is -0.830. The number of allylic oxidation sites excluding steroid dienone is 1. The number of fused-ring (bicyclic) bond motifs is 5. The van der Waals surface area contributed by atoms with Crippen molar-refractivity contribution in [2.75, 3.05) is 6.54 Å². The van der Waals surface area contributed by atoms with E-state index in [0.717, 1.165) is 48.3 Å². The molecule has 0 aromatic carbocycles. The van der Waals surface area contributed by atoms with E-state index in [4.69, 9.17) is 10.5 Å². The summed E-state index contributed by atoms with van der Waals surface area (Å²) in [6.07, 6.45) is 16.9. The van der Waals surface area contributed by atoms with Crippen molar-refractivity contribution in [3.05, 3.63) is 11.6 Å². The minimum absolute atomic E-state index is 0.00512. The molecule has 3 nitrogen and oxygen atoms in total. The summed E-state index contributed by atoms with van der Waals surface area (Å²) in [7, 11) is 0. The van der Waals surface area contributed by atoms with Crippen LogP contribution in [-0.4, -0.2) is 18.6 Å². The number of rotatable bonds is 7. The highest BCUT2D eigenvalue weighted by Crippen LogP contribution is 2.67. The van der Waals surface area contributed by atoms with Crippen LogP contribution >= 0.6 is 0 Å². The average molecular weight is 444 g/mol. The van der Waals surface area contributed by atoms with Crippen LogP contribution in [0.4, 0.5) is 0 Å². The van der Waals surface area contributed by atoms with Gasteiger partial charge in [-0.1, -0.05) is 65.5 Å². The topological polar surface area (TPSA) is 52.3 Å². The third-order valence-corrected chi connectivity index (χ3v) is 10.7. The van der Waals surface area contributed by atoms with E-state index in [0.29, 0.717) is 10.8 Å². The number of hydrogen-bond donors (Lipinski definition) is 1. The molecule has 3 saturated carbocycles. The third-order valence-electron chi connectivity index (χ3n) is 10.7. The lowest BCUT2D eigenvalue weighted by molar-refractivity contribution is -0.149. The lowest BCUT2D eigenvalue weighted by Crippen LogP contribution is -2.51. The molecule has 0 aliphatic heterocycles. The Balaban J connectivity index is 1.45. The maximum atomic E-state index is 11.7. The Morgan fingerprint density at radius 1 is 1.09 bits per heavy atom. The highest BCUT2D eigenvalue weighted by Gasteiger charge is 2.59. The predicted molar refractivity (Wildman–Crippen MR) is 132 cm³/mol. The maximum Gasteiger partial charge on any atom is 0.319 e. The summed E-state index contributed by atoms with van der Waals surface area (Å²) < 4.78 is 5.64. The van der Waals surface area contributed by atoms with Gasteiger partial charge in [0.05, 0.1) is 6.54 Å². The molecule has 4 rings (SSSR count). The zero-order valence-electron chi connectivity index (χ0n) is 21.5. The zero-order chi connectivity index (χ0) is 23.1. The Bertz CT molecular complexity index is 714. The first-order valence-corrected chi connectivity index (χ1v) is 13.8. The molecule has 4 aliphatic carbocycles. The van der Waals surface area contributed by atoms with E-state index in [1.54, 1.807) is 5.57 Å². The molecule has 2 N–H and O–H groups in total. The van der Waals surface area contributed by atoms with E-state index >= 15 is 0 Å².